The van der Waals surface area contributed by atoms with Gasteiger partial charge in [-0.3, -0.25) is 0 Å². The van der Waals surface area contributed by atoms with Crippen LogP contribution in [0.5, 0.6) is 0 Å². The lowest BCUT2D eigenvalue weighted by atomic mass is 9.44. The molecule has 0 aromatic heterocycles. The van der Waals surface area contributed by atoms with Gasteiger partial charge >= 0.3 is 0 Å². The molecule has 4 aliphatic rings. The number of aliphatic hydroxyl groups is 1. The first-order chi connectivity index (χ1) is 14.0. The van der Waals surface area contributed by atoms with Crippen LogP contribution in [0, 0.1) is 51.8 Å². The van der Waals surface area contributed by atoms with E-state index in [-0.39, 0.29) is 6.10 Å². The van der Waals surface area contributed by atoms with E-state index in [1.165, 1.54) is 51.4 Å². The van der Waals surface area contributed by atoms with Gasteiger partial charge in [0.15, 0.2) is 0 Å². The van der Waals surface area contributed by atoms with E-state index in [4.69, 9.17) is 0 Å². The maximum atomic E-state index is 10.3. The van der Waals surface area contributed by atoms with Crippen LogP contribution in [0.1, 0.15) is 113 Å². The van der Waals surface area contributed by atoms with Crippen molar-refractivity contribution in [2.45, 2.75) is 119 Å². The highest BCUT2D eigenvalue weighted by atomic mass is 16.3. The van der Waals surface area contributed by atoms with Gasteiger partial charge in [0.1, 0.15) is 0 Å². The third kappa shape index (κ3) is 3.36. The molecule has 0 spiro atoms. The van der Waals surface area contributed by atoms with Gasteiger partial charge in [-0.15, -0.1) is 0 Å². The standard InChI is InChI=1S/C29H50O/c1-19(2)20(3)8-9-21(4)24-13-16-29(7)26-11-10-22-18-23(30)12-15-27(22,5)25(26)14-17-28(24,29)6/h14,19-24,26,30H,8-13,15-18H2,1-7H3/t20-,21+,22-,23-,24+,26+,27-,28+,29-/m0/s1. The number of hydrogen-bond acceptors (Lipinski definition) is 1. The maximum absolute atomic E-state index is 10.3. The zero-order valence-corrected chi connectivity index (χ0v) is 21.1. The van der Waals surface area contributed by atoms with Crippen molar-refractivity contribution in [2.24, 2.45) is 51.8 Å². The van der Waals surface area contributed by atoms with Crippen LogP contribution < -0.4 is 0 Å². The van der Waals surface area contributed by atoms with Gasteiger partial charge in [0.2, 0.25) is 0 Å². The second kappa shape index (κ2) is 7.93. The van der Waals surface area contributed by atoms with Crippen LogP contribution >= 0.6 is 0 Å². The Kier molecular flexibility index (Phi) is 6.05. The molecule has 3 fully saturated rings. The third-order valence-corrected chi connectivity index (χ3v) is 11.8. The lowest BCUT2D eigenvalue weighted by Crippen LogP contribution is -2.53. The molecule has 0 saturated heterocycles. The number of hydrogen-bond donors (Lipinski definition) is 1. The van der Waals surface area contributed by atoms with Crippen LogP contribution in [0.2, 0.25) is 0 Å². The molecule has 9 atom stereocenters. The molecular formula is C29H50O. The zero-order chi connectivity index (χ0) is 21.9. The van der Waals surface area contributed by atoms with Gasteiger partial charge in [-0.25, -0.2) is 0 Å². The molecular weight excluding hydrogens is 364 g/mol. The van der Waals surface area contributed by atoms with Gasteiger partial charge in [0.05, 0.1) is 6.10 Å². The number of allylic oxidation sites excluding steroid dienone is 2. The SMILES string of the molecule is CC(C)[C@@H](C)CC[C@@H](C)[C@H]1CC[C@@]2(C)[C@@H]3CC[C@H]4C[C@@H](O)CC[C@]4(C)C3=CC[C@]12C. The van der Waals surface area contributed by atoms with Gasteiger partial charge in [0.25, 0.3) is 0 Å². The summed E-state index contributed by atoms with van der Waals surface area (Å²) in [6, 6.07) is 0. The summed E-state index contributed by atoms with van der Waals surface area (Å²) in [5, 5.41) is 10.3. The van der Waals surface area contributed by atoms with Gasteiger partial charge in [-0.05, 0) is 103 Å². The molecule has 4 aliphatic carbocycles. The number of rotatable bonds is 5. The van der Waals surface area contributed by atoms with E-state index in [9.17, 15) is 5.11 Å². The van der Waals surface area contributed by atoms with Gasteiger partial charge in [0, 0.05) is 0 Å². The normalized spacial score (nSPS) is 47.8. The average Bonchev–Trinajstić information content (AvgIpc) is 2.97. The van der Waals surface area contributed by atoms with Crippen molar-refractivity contribution >= 4 is 0 Å². The Hall–Kier alpha value is -0.300. The Morgan fingerprint density at radius 2 is 1.67 bits per heavy atom. The second-order valence-corrected chi connectivity index (χ2v) is 13.3. The Bertz CT molecular complexity index is 663. The smallest absolute Gasteiger partial charge is 0.0543 e. The first kappa shape index (κ1) is 22.9. The highest BCUT2D eigenvalue weighted by molar-refractivity contribution is 5.31. The largest absolute Gasteiger partial charge is 0.393 e. The van der Waals surface area contributed by atoms with Crippen molar-refractivity contribution in [3.05, 3.63) is 11.6 Å². The molecule has 0 heterocycles. The van der Waals surface area contributed by atoms with Crippen LogP contribution in [-0.4, -0.2) is 11.2 Å². The first-order valence-corrected chi connectivity index (χ1v) is 13.4. The topological polar surface area (TPSA) is 20.2 Å². The van der Waals surface area contributed by atoms with E-state index in [0.717, 1.165) is 42.4 Å². The predicted molar refractivity (Wildman–Crippen MR) is 128 cm³/mol. The van der Waals surface area contributed by atoms with Crippen LogP contribution in [-0.2, 0) is 0 Å². The highest BCUT2D eigenvalue weighted by Crippen LogP contribution is 2.71. The van der Waals surface area contributed by atoms with E-state index in [1.807, 2.05) is 5.57 Å². The fraction of sp³-hybridized carbons (Fsp3) is 0.931. The molecule has 1 N–H and O–H groups in total. The fourth-order valence-corrected chi connectivity index (χ4v) is 8.89. The third-order valence-electron chi connectivity index (χ3n) is 11.8. The summed E-state index contributed by atoms with van der Waals surface area (Å²) in [7, 11) is 0. The monoisotopic (exact) mass is 414 g/mol. The Morgan fingerprint density at radius 1 is 0.933 bits per heavy atom. The predicted octanol–water partition coefficient (Wildman–Crippen LogP) is 8.02. The molecule has 0 unspecified atom stereocenters. The number of aliphatic hydroxyl groups excluding tert-OH is 1. The Morgan fingerprint density at radius 3 is 2.37 bits per heavy atom. The first-order valence-electron chi connectivity index (χ1n) is 13.4. The van der Waals surface area contributed by atoms with Crippen LogP contribution in [0.3, 0.4) is 0 Å². The minimum atomic E-state index is -0.0467. The summed E-state index contributed by atoms with van der Waals surface area (Å²) in [5.74, 6) is 4.91. The van der Waals surface area contributed by atoms with Crippen LogP contribution in [0.25, 0.3) is 0 Å². The molecule has 0 aromatic carbocycles. The molecule has 0 radical (unpaired) electrons. The molecule has 4 rings (SSSR count). The second-order valence-electron chi connectivity index (χ2n) is 13.3. The molecule has 172 valence electrons. The summed E-state index contributed by atoms with van der Waals surface area (Å²) >= 11 is 0. The molecule has 0 aliphatic heterocycles. The number of fused-ring (bicyclic) bond motifs is 5. The van der Waals surface area contributed by atoms with Crippen LogP contribution in [0.4, 0.5) is 0 Å². The van der Waals surface area contributed by atoms with Crippen molar-refractivity contribution in [1.29, 1.82) is 0 Å². The minimum absolute atomic E-state index is 0.0467. The lowest BCUT2D eigenvalue weighted by molar-refractivity contribution is -0.0562. The minimum Gasteiger partial charge on any atom is -0.393 e. The van der Waals surface area contributed by atoms with Crippen molar-refractivity contribution < 1.29 is 5.11 Å². The van der Waals surface area contributed by atoms with Gasteiger partial charge < -0.3 is 5.11 Å². The molecule has 0 amide bonds. The summed E-state index contributed by atoms with van der Waals surface area (Å²) in [6.07, 6.45) is 15.7. The summed E-state index contributed by atoms with van der Waals surface area (Å²) in [6.45, 7) is 17.7. The average molecular weight is 415 g/mol. The van der Waals surface area contributed by atoms with Crippen molar-refractivity contribution in [2.75, 3.05) is 0 Å². The molecule has 3 saturated carbocycles. The van der Waals surface area contributed by atoms with Gasteiger partial charge in [-0.1, -0.05) is 73.0 Å². The van der Waals surface area contributed by atoms with Crippen LogP contribution in [0.15, 0.2) is 11.6 Å². The van der Waals surface area contributed by atoms with Gasteiger partial charge in [-0.2, -0.15) is 0 Å². The molecule has 0 bridgehead atoms. The van der Waals surface area contributed by atoms with Crippen molar-refractivity contribution in [1.82, 2.24) is 0 Å². The molecule has 1 nitrogen and oxygen atoms in total. The Labute approximate surface area is 187 Å². The fourth-order valence-electron chi connectivity index (χ4n) is 8.89. The highest BCUT2D eigenvalue weighted by Gasteiger charge is 2.63. The van der Waals surface area contributed by atoms with Crippen molar-refractivity contribution in [3.63, 3.8) is 0 Å². The lowest BCUT2D eigenvalue weighted by Gasteiger charge is -2.61. The van der Waals surface area contributed by atoms with E-state index < -0.39 is 0 Å². The van der Waals surface area contributed by atoms with Crippen molar-refractivity contribution in [3.8, 4) is 0 Å². The summed E-state index contributed by atoms with van der Waals surface area (Å²) < 4.78 is 0. The molecule has 1 heteroatoms. The summed E-state index contributed by atoms with van der Waals surface area (Å²) in [5.41, 5.74) is 3.14. The summed E-state index contributed by atoms with van der Waals surface area (Å²) in [4.78, 5) is 0. The van der Waals surface area contributed by atoms with E-state index in [2.05, 4.69) is 54.5 Å². The van der Waals surface area contributed by atoms with E-state index in [0.29, 0.717) is 22.2 Å². The molecule has 0 aromatic rings. The Balaban J connectivity index is 1.56. The zero-order valence-electron chi connectivity index (χ0n) is 21.1. The quantitative estimate of drug-likeness (QED) is 0.451. The van der Waals surface area contributed by atoms with E-state index >= 15 is 0 Å². The molecule has 30 heavy (non-hydrogen) atoms. The van der Waals surface area contributed by atoms with E-state index in [1.54, 1.807) is 0 Å². The maximum Gasteiger partial charge on any atom is 0.0543 e.